The van der Waals surface area contributed by atoms with Gasteiger partial charge in [-0.3, -0.25) is 20.4 Å². The van der Waals surface area contributed by atoms with Gasteiger partial charge in [0.25, 0.3) is 11.8 Å². The van der Waals surface area contributed by atoms with Crippen LogP contribution in [0.1, 0.15) is 10.4 Å². The molecule has 0 aromatic heterocycles. The number of hydrazine groups is 1. The van der Waals surface area contributed by atoms with Gasteiger partial charge >= 0.3 is 0 Å². The van der Waals surface area contributed by atoms with E-state index < -0.39 is 17.6 Å². The van der Waals surface area contributed by atoms with Gasteiger partial charge in [0.2, 0.25) is 0 Å². The molecule has 2 N–H and O–H groups in total. The molecule has 0 saturated carbocycles. The summed E-state index contributed by atoms with van der Waals surface area (Å²) in [4.78, 5) is 23.4. The third-order valence-electron chi connectivity index (χ3n) is 2.66. The van der Waals surface area contributed by atoms with Crippen LogP contribution in [0.15, 0.2) is 42.5 Å². The van der Waals surface area contributed by atoms with Crippen LogP contribution in [-0.4, -0.2) is 18.4 Å². The van der Waals surface area contributed by atoms with Crippen LogP contribution in [0.5, 0.6) is 5.75 Å². The predicted octanol–water partition coefficient (Wildman–Crippen LogP) is 2.97. The van der Waals surface area contributed by atoms with Crippen molar-refractivity contribution in [3.63, 3.8) is 0 Å². The fourth-order valence-corrected chi connectivity index (χ4v) is 1.88. The summed E-state index contributed by atoms with van der Waals surface area (Å²) in [5.41, 5.74) is 4.59. The third kappa shape index (κ3) is 5.12. The van der Waals surface area contributed by atoms with E-state index in [1.807, 2.05) is 0 Å². The summed E-state index contributed by atoms with van der Waals surface area (Å²) in [5.74, 6) is -1.45. The van der Waals surface area contributed by atoms with E-state index in [2.05, 4.69) is 10.9 Å². The van der Waals surface area contributed by atoms with Crippen molar-refractivity contribution < 1.29 is 18.7 Å². The molecule has 2 aromatic carbocycles. The van der Waals surface area contributed by atoms with Crippen LogP contribution in [0.3, 0.4) is 0 Å². The highest BCUT2D eigenvalue weighted by molar-refractivity contribution is 6.42. The largest absolute Gasteiger partial charge is 0.484 e. The van der Waals surface area contributed by atoms with Gasteiger partial charge in [-0.15, -0.1) is 0 Å². The van der Waals surface area contributed by atoms with Gasteiger partial charge in [-0.25, -0.2) is 4.39 Å². The highest BCUT2D eigenvalue weighted by Crippen LogP contribution is 2.22. The second-order valence-corrected chi connectivity index (χ2v) is 5.19. The van der Waals surface area contributed by atoms with Crippen LogP contribution in [0, 0.1) is 5.82 Å². The standard InChI is InChI=1S/C15H11Cl2FN2O3/c16-12-5-4-9(6-13(12)17)15(22)20-19-14(21)8-23-11-3-1-2-10(18)7-11/h1-7H,8H2,(H,19,21)(H,20,22). The first-order valence-corrected chi connectivity index (χ1v) is 7.14. The summed E-state index contributed by atoms with van der Waals surface area (Å²) in [6.07, 6.45) is 0. The minimum Gasteiger partial charge on any atom is -0.484 e. The molecule has 0 heterocycles. The molecule has 2 rings (SSSR count). The number of amides is 2. The van der Waals surface area contributed by atoms with Gasteiger partial charge in [-0.1, -0.05) is 29.3 Å². The number of rotatable bonds is 4. The van der Waals surface area contributed by atoms with E-state index >= 15 is 0 Å². The maximum atomic E-state index is 12.9. The first kappa shape index (κ1) is 17.1. The molecular weight excluding hydrogens is 346 g/mol. The van der Waals surface area contributed by atoms with Crippen molar-refractivity contribution >= 4 is 35.0 Å². The van der Waals surface area contributed by atoms with E-state index in [1.54, 1.807) is 0 Å². The highest BCUT2D eigenvalue weighted by atomic mass is 35.5. The Bertz CT molecular complexity index is 740. The lowest BCUT2D eigenvalue weighted by molar-refractivity contribution is -0.123. The lowest BCUT2D eigenvalue weighted by Gasteiger charge is -2.09. The average Bonchev–Trinajstić information content (AvgIpc) is 2.53. The Balaban J connectivity index is 1.81. The number of hydrogen-bond donors (Lipinski definition) is 2. The molecule has 23 heavy (non-hydrogen) atoms. The molecule has 0 bridgehead atoms. The molecule has 0 fully saturated rings. The van der Waals surface area contributed by atoms with Crippen LogP contribution in [0.2, 0.25) is 10.0 Å². The molecule has 8 heteroatoms. The molecular formula is C15H11Cl2FN2O3. The van der Waals surface area contributed by atoms with E-state index in [4.69, 9.17) is 27.9 Å². The molecule has 0 atom stereocenters. The Kier molecular flexibility index (Phi) is 5.78. The van der Waals surface area contributed by atoms with Crippen molar-refractivity contribution in [1.29, 1.82) is 0 Å². The van der Waals surface area contributed by atoms with Crippen LogP contribution in [0.25, 0.3) is 0 Å². The average molecular weight is 357 g/mol. The second kappa shape index (κ2) is 7.80. The number of hydrogen-bond acceptors (Lipinski definition) is 3. The zero-order chi connectivity index (χ0) is 16.8. The third-order valence-corrected chi connectivity index (χ3v) is 3.40. The maximum Gasteiger partial charge on any atom is 0.276 e. The predicted molar refractivity (Wildman–Crippen MR) is 84.0 cm³/mol. The van der Waals surface area contributed by atoms with E-state index in [0.29, 0.717) is 5.02 Å². The summed E-state index contributed by atoms with van der Waals surface area (Å²) in [7, 11) is 0. The monoisotopic (exact) mass is 356 g/mol. The van der Waals surface area contributed by atoms with E-state index in [0.717, 1.165) is 6.07 Å². The minimum absolute atomic E-state index is 0.205. The summed E-state index contributed by atoms with van der Waals surface area (Å²) >= 11 is 11.5. The number of carbonyl (C=O) groups is 2. The van der Waals surface area contributed by atoms with Crippen molar-refractivity contribution in [1.82, 2.24) is 10.9 Å². The van der Waals surface area contributed by atoms with Gasteiger partial charge in [0, 0.05) is 11.6 Å². The lowest BCUT2D eigenvalue weighted by atomic mass is 10.2. The zero-order valence-corrected chi connectivity index (χ0v) is 13.1. The topological polar surface area (TPSA) is 67.4 Å². The Labute approximate surface area is 141 Å². The smallest absolute Gasteiger partial charge is 0.276 e. The maximum absolute atomic E-state index is 12.9. The molecule has 5 nitrogen and oxygen atoms in total. The molecule has 120 valence electrons. The summed E-state index contributed by atoms with van der Waals surface area (Å²) in [6.45, 7) is -0.384. The number of carbonyl (C=O) groups excluding carboxylic acids is 2. The van der Waals surface area contributed by atoms with Crippen LogP contribution < -0.4 is 15.6 Å². The van der Waals surface area contributed by atoms with Crippen LogP contribution in [0.4, 0.5) is 4.39 Å². The zero-order valence-electron chi connectivity index (χ0n) is 11.6. The van der Waals surface area contributed by atoms with Crippen molar-refractivity contribution in [3.8, 4) is 5.75 Å². The van der Waals surface area contributed by atoms with E-state index in [9.17, 15) is 14.0 Å². The molecule has 2 amide bonds. The van der Waals surface area contributed by atoms with Gasteiger partial charge in [-0.05, 0) is 30.3 Å². The lowest BCUT2D eigenvalue weighted by Crippen LogP contribution is -2.43. The summed E-state index contributed by atoms with van der Waals surface area (Å²) < 4.78 is 18.0. The number of benzene rings is 2. The Morgan fingerprint density at radius 3 is 2.52 bits per heavy atom. The normalized spacial score (nSPS) is 10.0. The molecule has 0 aliphatic carbocycles. The van der Waals surface area contributed by atoms with E-state index in [1.165, 1.54) is 36.4 Å². The van der Waals surface area contributed by atoms with Crippen molar-refractivity contribution in [2.75, 3.05) is 6.61 Å². The van der Waals surface area contributed by atoms with Crippen molar-refractivity contribution in [2.45, 2.75) is 0 Å². The SMILES string of the molecule is O=C(COc1cccc(F)c1)NNC(=O)c1ccc(Cl)c(Cl)c1. The first-order chi connectivity index (χ1) is 11.0. The number of nitrogens with one attached hydrogen (secondary N) is 2. The Hall–Kier alpha value is -2.31. The van der Waals surface area contributed by atoms with E-state index in [-0.39, 0.29) is 22.9 Å². The van der Waals surface area contributed by atoms with Gasteiger partial charge in [0.05, 0.1) is 10.0 Å². The van der Waals surface area contributed by atoms with Crippen molar-refractivity contribution in [2.24, 2.45) is 0 Å². The fraction of sp³-hybridized carbons (Fsp3) is 0.0667. The Morgan fingerprint density at radius 1 is 1.04 bits per heavy atom. The number of ether oxygens (including phenoxy) is 1. The number of halogens is 3. The van der Waals surface area contributed by atoms with Crippen molar-refractivity contribution in [3.05, 3.63) is 63.9 Å². The molecule has 0 spiro atoms. The molecule has 0 radical (unpaired) electrons. The Morgan fingerprint density at radius 2 is 1.83 bits per heavy atom. The first-order valence-electron chi connectivity index (χ1n) is 6.38. The fourth-order valence-electron chi connectivity index (χ4n) is 1.58. The highest BCUT2D eigenvalue weighted by Gasteiger charge is 2.10. The molecule has 0 unspecified atom stereocenters. The summed E-state index contributed by atoms with van der Waals surface area (Å²) in [6, 6.07) is 9.65. The molecule has 2 aromatic rings. The molecule has 0 saturated heterocycles. The summed E-state index contributed by atoms with van der Waals surface area (Å²) in [5, 5.41) is 0.538. The van der Waals surface area contributed by atoms with Gasteiger partial charge in [0.1, 0.15) is 11.6 Å². The molecule has 0 aliphatic heterocycles. The minimum atomic E-state index is -0.609. The van der Waals surface area contributed by atoms with Gasteiger partial charge in [0.15, 0.2) is 6.61 Å². The van der Waals surface area contributed by atoms with Gasteiger partial charge in [-0.2, -0.15) is 0 Å². The van der Waals surface area contributed by atoms with Crippen LogP contribution >= 0.6 is 23.2 Å². The quantitative estimate of drug-likeness (QED) is 0.827. The van der Waals surface area contributed by atoms with Crippen LogP contribution in [-0.2, 0) is 4.79 Å². The van der Waals surface area contributed by atoms with Gasteiger partial charge < -0.3 is 4.74 Å². The second-order valence-electron chi connectivity index (χ2n) is 4.38. The molecule has 0 aliphatic rings.